The Bertz CT molecular complexity index is 804. The van der Waals surface area contributed by atoms with Crippen LogP contribution in [-0.4, -0.2) is 20.1 Å². The summed E-state index contributed by atoms with van der Waals surface area (Å²) in [5, 5.41) is 19.6. The van der Waals surface area contributed by atoms with Crippen molar-refractivity contribution in [3.8, 4) is 0 Å². The lowest BCUT2D eigenvalue weighted by atomic mass is 10.2. The van der Waals surface area contributed by atoms with E-state index in [1.165, 1.54) is 29.2 Å². The number of rotatable bonds is 3. The fourth-order valence-corrected chi connectivity index (χ4v) is 3.43. The third kappa shape index (κ3) is 2.28. The van der Waals surface area contributed by atoms with Crippen molar-refractivity contribution >= 4 is 44.8 Å². The second-order valence-electron chi connectivity index (χ2n) is 3.75. The highest BCUT2D eigenvalue weighted by Crippen LogP contribution is 2.37. The number of fused-ring (bicyclic) bond motifs is 1. The molecule has 0 aliphatic rings. The third-order valence-electron chi connectivity index (χ3n) is 2.53. The molecule has 0 aliphatic carbocycles. The number of nitro benzene ring substituents is 1. The Kier molecular flexibility index (Phi) is 3.20. The number of nitrogen functional groups attached to an aromatic ring is 1. The molecule has 7 nitrogen and oxygen atoms in total. The van der Waals surface area contributed by atoms with Crippen molar-refractivity contribution in [2.24, 2.45) is 0 Å². The van der Waals surface area contributed by atoms with Gasteiger partial charge in [-0.15, -0.1) is 10.2 Å². The van der Waals surface area contributed by atoms with Crippen LogP contribution in [0.1, 0.15) is 0 Å². The Morgan fingerprint density at radius 3 is 2.85 bits per heavy atom. The average Bonchev–Trinajstić information content (AvgIpc) is 2.84. The summed E-state index contributed by atoms with van der Waals surface area (Å²) in [6.07, 6.45) is 1.60. The van der Waals surface area contributed by atoms with Crippen molar-refractivity contribution in [2.75, 3.05) is 5.73 Å². The van der Waals surface area contributed by atoms with Gasteiger partial charge in [0.2, 0.25) is 5.13 Å². The number of non-ortho nitro benzene ring substituents is 1. The van der Waals surface area contributed by atoms with Gasteiger partial charge in [-0.3, -0.25) is 15.1 Å². The highest BCUT2D eigenvalue weighted by atomic mass is 32.2. The molecule has 0 unspecified atom stereocenters. The SMILES string of the molecule is Nc1nnc(Sc2ccc([N+](=O)[O-])c3cccnc23)s1. The van der Waals surface area contributed by atoms with E-state index in [-0.39, 0.29) is 5.69 Å². The predicted octanol–water partition coefficient (Wildman–Crippen LogP) is 2.73. The Labute approximate surface area is 121 Å². The summed E-state index contributed by atoms with van der Waals surface area (Å²) in [5.74, 6) is 0. The predicted molar refractivity (Wildman–Crippen MR) is 76.8 cm³/mol. The van der Waals surface area contributed by atoms with Crippen molar-refractivity contribution in [3.63, 3.8) is 0 Å². The topological polar surface area (TPSA) is 108 Å². The first-order chi connectivity index (χ1) is 9.65. The fraction of sp³-hybridized carbons (Fsp3) is 0. The number of pyridine rings is 1. The minimum Gasteiger partial charge on any atom is -0.374 e. The van der Waals surface area contributed by atoms with E-state index in [0.29, 0.717) is 20.4 Å². The van der Waals surface area contributed by atoms with Gasteiger partial charge in [0, 0.05) is 17.2 Å². The van der Waals surface area contributed by atoms with Crippen LogP contribution >= 0.6 is 23.1 Å². The largest absolute Gasteiger partial charge is 0.374 e. The molecular weight excluding hydrogens is 298 g/mol. The van der Waals surface area contributed by atoms with Crippen LogP contribution in [0, 0.1) is 10.1 Å². The van der Waals surface area contributed by atoms with E-state index < -0.39 is 4.92 Å². The molecule has 0 saturated carbocycles. The number of hydrogen-bond acceptors (Lipinski definition) is 8. The van der Waals surface area contributed by atoms with Gasteiger partial charge in [-0.2, -0.15) is 0 Å². The number of nitrogens with zero attached hydrogens (tertiary/aromatic N) is 4. The highest BCUT2D eigenvalue weighted by Gasteiger charge is 2.16. The monoisotopic (exact) mass is 305 g/mol. The molecular formula is C11H7N5O2S2. The molecule has 9 heteroatoms. The molecule has 0 bridgehead atoms. The Balaban J connectivity index is 2.12. The van der Waals surface area contributed by atoms with Crippen LogP contribution in [0.2, 0.25) is 0 Å². The molecule has 0 aliphatic heterocycles. The number of nitro groups is 1. The maximum Gasteiger partial charge on any atom is 0.278 e. The van der Waals surface area contributed by atoms with Crippen molar-refractivity contribution < 1.29 is 4.92 Å². The van der Waals surface area contributed by atoms with Crippen molar-refractivity contribution in [1.29, 1.82) is 0 Å². The van der Waals surface area contributed by atoms with E-state index in [9.17, 15) is 10.1 Å². The van der Waals surface area contributed by atoms with Crippen molar-refractivity contribution in [3.05, 3.63) is 40.6 Å². The molecule has 20 heavy (non-hydrogen) atoms. The maximum atomic E-state index is 11.0. The molecule has 2 N–H and O–H groups in total. The first kappa shape index (κ1) is 12.8. The van der Waals surface area contributed by atoms with Gasteiger partial charge in [-0.1, -0.05) is 23.1 Å². The third-order valence-corrected chi connectivity index (χ3v) is 4.38. The van der Waals surface area contributed by atoms with Gasteiger partial charge in [0.15, 0.2) is 4.34 Å². The van der Waals surface area contributed by atoms with Gasteiger partial charge in [0.1, 0.15) is 0 Å². The van der Waals surface area contributed by atoms with Crippen LogP contribution in [0.15, 0.2) is 39.7 Å². The molecule has 2 aromatic heterocycles. The standard InChI is InChI=1S/C11H7N5O2S2/c12-10-14-15-11(20-10)19-8-4-3-7(16(17)18)6-2-1-5-13-9(6)8/h1-5H,(H2,12,14). The lowest BCUT2D eigenvalue weighted by Gasteiger charge is -2.03. The Morgan fingerprint density at radius 1 is 1.30 bits per heavy atom. The number of aromatic nitrogens is 3. The summed E-state index contributed by atoms with van der Waals surface area (Å²) in [7, 11) is 0. The van der Waals surface area contributed by atoms with E-state index in [0.717, 1.165) is 4.90 Å². The zero-order valence-electron chi connectivity index (χ0n) is 9.89. The van der Waals surface area contributed by atoms with Gasteiger partial charge in [0.25, 0.3) is 5.69 Å². The lowest BCUT2D eigenvalue weighted by Crippen LogP contribution is -1.91. The first-order valence-electron chi connectivity index (χ1n) is 5.44. The van der Waals surface area contributed by atoms with E-state index in [4.69, 9.17) is 5.73 Å². The van der Waals surface area contributed by atoms with E-state index in [1.54, 1.807) is 24.4 Å². The van der Waals surface area contributed by atoms with Gasteiger partial charge in [-0.05, 0) is 18.2 Å². The normalized spacial score (nSPS) is 10.8. The summed E-state index contributed by atoms with van der Waals surface area (Å²) < 4.78 is 0.670. The van der Waals surface area contributed by atoms with Crippen molar-refractivity contribution in [2.45, 2.75) is 9.24 Å². The molecule has 0 atom stereocenters. The summed E-state index contributed by atoms with van der Waals surface area (Å²) >= 11 is 2.60. The summed E-state index contributed by atoms with van der Waals surface area (Å²) in [6.45, 7) is 0. The molecule has 3 rings (SSSR count). The summed E-state index contributed by atoms with van der Waals surface area (Å²) in [4.78, 5) is 15.6. The molecule has 0 fully saturated rings. The van der Waals surface area contributed by atoms with Gasteiger partial charge < -0.3 is 5.73 Å². The zero-order valence-corrected chi connectivity index (χ0v) is 11.5. The molecule has 3 aromatic rings. The molecule has 0 saturated heterocycles. The number of nitrogens with two attached hydrogens (primary N) is 1. The Morgan fingerprint density at radius 2 is 2.15 bits per heavy atom. The number of benzene rings is 1. The quantitative estimate of drug-likeness (QED) is 0.585. The van der Waals surface area contributed by atoms with Crippen LogP contribution in [0.25, 0.3) is 10.9 Å². The van der Waals surface area contributed by atoms with Gasteiger partial charge in [-0.25, -0.2) is 0 Å². The van der Waals surface area contributed by atoms with Crippen molar-refractivity contribution in [1.82, 2.24) is 15.2 Å². The molecule has 100 valence electrons. The second kappa shape index (κ2) is 5.02. The summed E-state index contributed by atoms with van der Waals surface area (Å²) in [6, 6.07) is 6.48. The minimum atomic E-state index is -0.415. The van der Waals surface area contributed by atoms with Crippen LogP contribution in [0.4, 0.5) is 10.8 Å². The molecule has 1 aromatic carbocycles. The highest BCUT2D eigenvalue weighted by molar-refractivity contribution is 8.01. The molecule has 0 amide bonds. The van der Waals surface area contributed by atoms with Crippen LogP contribution in [0.5, 0.6) is 0 Å². The Hall–Kier alpha value is -2.26. The number of anilines is 1. The van der Waals surface area contributed by atoms with Gasteiger partial charge in [0.05, 0.1) is 15.8 Å². The molecule has 0 radical (unpaired) electrons. The molecule has 0 spiro atoms. The first-order valence-corrected chi connectivity index (χ1v) is 7.07. The van der Waals surface area contributed by atoms with E-state index in [2.05, 4.69) is 15.2 Å². The van der Waals surface area contributed by atoms with Gasteiger partial charge >= 0.3 is 0 Å². The van der Waals surface area contributed by atoms with Crippen LogP contribution < -0.4 is 5.73 Å². The minimum absolute atomic E-state index is 0.0363. The van der Waals surface area contributed by atoms with E-state index >= 15 is 0 Å². The van der Waals surface area contributed by atoms with E-state index in [1.807, 2.05) is 0 Å². The van der Waals surface area contributed by atoms with Crippen LogP contribution in [-0.2, 0) is 0 Å². The maximum absolute atomic E-state index is 11.0. The smallest absolute Gasteiger partial charge is 0.278 e. The lowest BCUT2D eigenvalue weighted by molar-refractivity contribution is -0.383. The second-order valence-corrected chi connectivity index (χ2v) is 6.05. The average molecular weight is 305 g/mol. The fourth-order valence-electron chi connectivity index (χ4n) is 1.73. The summed E-state index contributed by atoms with van der Waals surface area (Å²) in [5.41, 5.74) is 6.14. The number of hydrogen-bond donors (Lipinski definition) is 1. The van der Waals surface area contributed by atoms with Crippen LogP contribution in [0.3, 0.4) is 0 Å². The molecule has 2 heterocycles. The zero-order chi connectivity index (χ0) is 14.1.